The van der Waals surface area contributed by atoms with E-state index in [1.807, 2.05) is 0 Å². The molecule has 1 unspecified atom stereocenters. The van der Waals surface area contributed by atoms with Gasteiger partial charge in [0, 0.05) is 6.07 Å². The molecule has 1 saturated heterocycles. The molecule has 2 rings (SSSR count). The number of nitrogens with one attached hydrogen (secondary N) is 1. The van der Waals surface area contributed by atoms with Crippen LogP contribution in [0, 0.1) is 5.92 Å². The van der Waals surface area contributed by atoms with Gasteiger partial charge in [-0.05, 0) is 19.8 Å². The Labute approximate surface area is 128 Å². The first-order valence-electron chi connectivity index (χ1n) is 7.51. The van der Waals surface area contributed by atoms with Crippen molar-refractivity contribution in [2.24, 2.45) is 5.92 Å². The Balaban J connectivity index is 2.09. The number of aliphatic hydroxyl groups is 1. The van der Waals surface area contributed by atoms with E-state index in [0.29, 0.717) is 19.7 Å². The monoisotopic (exact) mass is 312 g/mol. The first kappa shape index (κ1) is 16.5. The van der Waals surface area contributed by atoms with Gasteiger partial charge in [0.25, 0.3) is 0 Å². The van der Waals surface area contributed by atoms with Crippen molar-refractivity contribution in [1.82, 2.24) is 0 Å². The van der Waals surface area contributed by atoms with Crippen molar-refractivity contribution in [3.05, 3.63) is 27.8 Å². The van der Waals surface area contributed by atoms with Gasteiger partial charge in [0.05, 0.1) is 19.7 Å². The van der Waals surface area contributed by atoms with Crippen LogP contribution >= 0.6 is 0 Å². The van der Waals surface area contributed by atoms with Crippen molar-refractivity contribution in [3.8, 4) is 5.75 Å². The van der Waals surface area contributed by atoms with E-state index in [-0.39, 0.29) is 23.4 Å². The number of aromatic hydroxyl groups is 1. The summed E-state index contributed by atoms with van der Waals surface area (Å²) in [6.45, 7) is 3.43. The molecule has 2 atom stereocenters. The first-order chi connectivity index (χ1) is 10.5. The second kappa shape index (κ2) is 7.42. The van der Waals surface area contributed by atoms with Gasteiger partial charge in [-0.2, -0.15) is 0 Å². The summed E-state index contributed by atoms with van der Waals surface area (Å²) in [6, 6.07) is 1.08. The van der Waals surface area contributed by atoms with Gasteiger partial charge in [-0.1, -0.05) is 0 Å². The van der Waals surface area contributed by atoms with E-state index in [0.717, 1.165) is 30.4 Å². The minimum absolute atomic E-state index is 0.121. The lowest BCUT2D eigenvalue weighted by molar-refractivity contribution is -0.922. The molecule has 0 amide bonds. The second-order valence-corrected chi connectivity index (χ2v) is 5.48. The normalized spacial score (nSPS) is 21.5. The highest BCUT2D eigenvalue weighted by Crippen LogP contribution is 2.14. The predicted molar refractivity (Wildman–Crippen MR) is 76.3 cm³/mol. The fraction of sp³-hybridized carbons (Fsp3) is 0.600. The third-order valence-electron chi connectivity index (χ3n) is 3.85. The average Bonchev–Trinajstić information content (AvgIpc) is 2.52. The van der Waals surface area contributed by atoms with Crippen LogP contribution in [0.25, 0.3) is 0 Å². The van der Waals surface area contributed by atoms with Crippen LogP contribution in [0.15, 0.2) is 15.3 Å². The molecule has 22 heavy (non-hydrogen) atoms. The van der Waals surface area contributed by atoms with Crippen molar-refractivity contribution in [2.75, 3.05) is 19.7 Å². The fourth-order valence-corrected chi connectivity index (χ4v) is 2.79. The zero-order chi connectivity index (χ0) is 16.1. The molecule has 0 saturated carbocycles. The molecule has 7 nitrogen and oxygen atoms in total. The minimum Gasteiger partial charge on any atom is -0.502 e. The number of ether oxygens (including phenoxy) is 1. The van der Waals surface area contributed by atoms with Crippen LogP contribution < -0.4 is 10.3 Å². The van der Waals surface area contributed by atoms with E-state index in [1.165, 1.54) is 0 Å². The lowest BCUT2D eigenvalue weighted by atomic mass is 9.98. The molecule has 1 aromatic rings. The molecule has 1 fully saturated rings. The van der Waals surface area contributed by atoms with E-state index in [1.54, 1.807) is 6.92 Å². The molecule has 0 spiro atoms. The lowest BCUT2D eigenvalue weighted by Crippen LogP contribution is -3.12. The molecule has 0 aromatic carbocycles. The van der Waals surface area contributed by atoms with Crippen LogP contribution in [0.5, 0.6) is 5.75 Å². The van der Waals surface area contributed by atoms with Gasteiger partial charge in [0.15, 0.2) is 0 Å². The summed E-state index contributed by atoms with van der Waals surface area (Å²) in [7, 11) is 0. The summed E-state index contributed by atoms with van der Waals surface area (Å²) in [6.07, 6.45) is 1.65. The van der Waals surface area contributed by atoms with Gasteiger partial charge in [0.1, 0.15) is 24.8 Å². The maximum atomic E-state index is 11.8. The number of piperidine rings is 1. The third-order valence-corrected chi connectivity index (χ3v) is 3.85. The van der Waals surface area contributed by atoms with E-state index in [4.69, 9.17) is 14.3 Å². The van der Waals surface area contributed by atoms with Crippen molar-refractivity contribution in [1.29, 1.82) is 0 Å². The Morgan fingerprint density at radius 2 is 2.32 bits per heavy atom. The highest BCUT2D eigenvalue weighted by atomic mass is 16.5. The van der Waals surface area contributed by atoms with Gasteiger partial charge in [0.2, 0.25) is 16.9 Å². The minimum atomic E-state index is -0.566. The third kappa shape index (κ3) is 3.86. The van der Waals surface area contributed by atoms with Gasteiger partial charge < -0.3 is 24.3 Å². The van der Waals surface area contributed by atoms with Crippen LogP contribution in [-0.4, -0.2) is 35.9 Å². The summed E-state index contributed by atoms with van der Waals surface area (Å²) in [5.74, 6) is -0.525. The standard InChI is InChI=1S/C15H21NO6/c1-2-21-15(20)10-4-3-5-16(7-10)8-13-14(19)12(18)6-11(9-17)22-13/h6,10,17,19H,2-5,7-9H2,1H3/p+1/t10-/m0/s1. The van der Waals surface area contributed by atoms with Crippen LogP contribution in [0.4, 0.5) is 0 Å². The molecule has 1 aliphatic heterocycles. The van der Waals surface area contributed by atoms with Gasteiger partial charge in [-0.3, -0.25) is 9.59 Å². The summed E-state index contributed by atoms with van der Waals surface area (Å²) < 4.78 is 10.4. The summed E-state index contributed by atoms with van der Waals surface area (Å²) in [4.78, 5) is 24.5. The maximum absolute atomic E-state index is 11.8. The zero-order valence-corrected chi connectivity index (χ0v) is 12.6. The number of hydrogen-bond acceptors (Lipinski definition) is 6. The molecule has 0 radical (unpaired) electrons. The SMILES string of the molecule is CCOC(=O)[C@H]1CCC[NH+](Cc2oc(CO)cc(=O)c2O)C1. The molecule has 3 N–H and O–H groups in total. The Morgan fingerprint density at radius 3 is 3.00 bits per heavy atom. The lowest BCUT2D eigenvalue weighted by Gasteiger charge is -2.28. The molecule has 0 bridgehead atoms. The Bertz CT molecular complexity index is 582. The number of rotatable bonds is 5. The molecule has 7 heteroatoms. The Hall–Kier alpha value is -1.86. The van der Waals surface area contributed by atoms with E-state index in [2.05, 4.69) is 0 Å². The first-order valence-corrected chi connectivity index (χ1v) is 7.51. The van der Waals surface area contributed by atoms with Crippen LogP contribution in [-0.2, 0) is 22.7 Å². The number of carbonyl (C=O) groups excluding carboxylic acids is 1. The number of aliphatic hydroxyl groups excluding tert-OH is 1. The maximum Gasteiger partial charge on any atom is 0.314 e. The molecule has 122 valence electrons. The average molecular weight is 312 g/mol. The van der Waals surface area contributed by atoms with Crippen molar-refractivity contribution in [2.45, 2.75) is 32.9 Å². The molecule has 0 aliphatic carbocycles. The summed E-state index contributed by atoms with van der Waals surface area (Å²) in [5, 5.41) is 18.9. The summed E-state index contributed by atoms with van der Waals surface area (Å²) in [5.41, 5.74) is -0.566. The van der Waals surface area contributed by atoms with Crippen LogP contribution in [0.1, 0.15) is 31.3 Å². The molecule has 1 aliphatic rings. The number of quaternary nitrogens is 1. The van der Waals surface area contributed by atoms with Gasteiger partial charge in [-0.15, -0.1) is 0 Å². The van der Waals surface area contributed by atoms with Crippen molar-refractivity contribution < 1.29 is 29.1 Å². The van der Waals surface area contributed by atoms with Gasteiger partial charge >= 0.3 is 5.97 Å². The van der Waals surface area contributed by atoms with Crippen LogP contribution in [0.2, 0.25) is 0 Å². The number of carbonyl (C=O) groups is 1. The van der Waals surface area contributed by atoms with Gasteiger partial charge in [-0.25, -0.2) is 0 Å². The molecule has 1 aromatic heterocycles. The predicted octanol–water partition coefficient (Wildman–Crippen LogP) is -0.804. The Kier molecular flexibility index (Phi) is 5.57. The smallest absolute Gasteiger partial charge is 0.314 e. The van der Waals surface area contributed by atoms with Crippen molar-refractivity contribution in [3.63, 3.8) is 0 Å². The quantitative estimate of drug-likeness (QED) is 0.615. The van der Waals surface area contributed by atoms with E-state index in [9.17, 15) is 14.7 Å². The highest BCUT2D eigenvalue weighted by Gasteiger charge is 2.31. The van der Waals surface area contributed by atoms with E-state index < -0.39 is 17.8 Å². The summed E-state index contributed by atoms with van der Waals surface area (Å²) >= 11 is 0. The second-order valence-electron chi connectivity index (χ2n) is 5.48. The zero-order valence-electron chi connectivity index (χ0n) is 12.6. The topological polar surface area (TPSA) is 101 Å². The van der Waals surface area contributed by atoms with Crippen LogP contribution in [0.3, 0.4) is 0 Å². The Morgan fingerprint density at radius 1 is 1.55 bits per heavy atom. The highest BCUT2D eigenvalue weighted by molar-refractivity contribution is 5.72. The largest absolute Gasteiger partial charge is 0.502 e. The molecular formula is C15H22NO6+. The van der Waals surface area contributed by atoms with Crippen molar-refractivity contribution >= 4 is 5.97 Å². The number of esters is 1. The number of likely N-dealkylation sites (tertiary alicyclic amines) is 1. The molecule has 2 heterocycles. The fourth-order valence-electron chi connectivity index (χ4n) is 2.79. The molecular weight excluding hydrogens is 290 g/mol. The van der Waals surface area contributed by atoms with E-state index >= 15 is 0 Å². The number of hydrogen-bond donors (Lipinski definition) is 3.